The molecule has 1 aromatic heterocycles. The second-order valence-corrected chi connectivity index (χ2v) is 8.35. The molecule has 0 fully saturated rings. The number of nitrogens with one attached hydrogen (secondary N) is 1. The van der Waals surface area contributed by atoms with Crippen LogP contribution in [0.3, 0.4) is 0 Å². The quantitative estimate of drug-likeness (QED) is 0.584. The Balaban J connectivity index is 1.67. The fraction of sp³-hybridized carbons (Fsp3) is 0.250. The molecular formula is C20H21N3OS2. The third-order valence-corrected chi connectivity index (χ3v) is 6.15. The van der Waals surface area contributed by atoms with Crippen LogP contribution in [0.25, 0.3) is 10.6 Å². The Morgan fingerprint density at radius 2 is 1.88 bits per heavy atom. The van der Waals surface area contributed by atoms with Crippen LogP contribution in [0, 0.1) is 13.8 Å². The molecule has 2 aromatic carbocycles. The van der Waals surface area contributed by atoms with Crippen LogP contribution in [-0.4, -0.2) is 21.4 Å². The Morgan fingerprint density at radius 3 is 2.58 bits per heavy atom. The molecule has 1 unspecified atom stereocenters. The number of nitrogens with zero attached hydrogens (tertiary/aromatic N) is 2. The van der Waals surface area contributed by atoms with Crippen LogP contribution in [0.2, 0.25) is 0 Å². The van der Waals surface area contributed by atoms with E-state index in [2.05, 4.69) is 52.8 Å². The Morgan fingerprint density at radius 1 is 1.12 bits per heavy atom. The van der Waals surface area contributed by atoms with Crippen molar-refractivity contribution in [3.8, 4) is 10.6 Å². The van der Waals surface area contributed by atoms with Gasteiger partial charge >= 0.3 is 0 Å². The number of rotatable bonds is 6. The highest BCUT2D eigenvalue weighted by Crippen LogP contribution is 2.29. The largest absolute Gasteiger partial charge is 0.300 e. The van der Waals surface area contributed by atoms with Gasteiger partial charge in [0.1, 0.15) is 5.01 Å². The molecule has 4 nitrogen and oxygen atoms in total. The van der Waals surface area contributed by atoms with E-state index >= 15 is 0 Å². The smallest absolute Gasteiger partial charge is 0.239 e. The fourth-order valence-electron chi connectivity index (χ4n) is 2.46. The highest BCUT2D eigenvalue weighted by Gasteiger charge is 2.19. The molecule has 0 bridgehead atoms. The first-order chi connectivity index (χ1) is 12.5. The van der Waals surface area contributed by atoms with Gasteiger partial charge in [-0.05, 0) is 38.5 Å². The van der Waals surface area contributed by atoms with Gasteiger partial charge in [-0.3, -0.25) is 10.1 Å². The predicted molar refractivity (Wildman–Crippen MR) is 110 cm³/mol. The zero-order chi connectivity index (χ0) is 18.5. The fourth-order valence-corrected chi connectivity index (χ4v) is 4.15. The maximum Gasteiger partial charge on any atom is 0.239 e. The van der Waals surface area contributed by atoms with Crippen LogP contribution in [0.1, 0.15) is 24.5 Å². The Kier molecular flexibility index (Phi) is 6.06. The Bertz CT molecular complexity index is 890. The van der Waals surface area contributed by atoms with Crippen LogP contribution in [0.15, 0.2) is 53.4 Å². The number of hydrogen-bond acceptors (Lipinski definition) is 5. The van der Waals surface area contributed by atoms with Gasteiger partial charge in [0.15, 0.2) is 0 Å². The maximum absolute atomic E-state index is 12.6. The average Bonchev–Trinajstić information content (AvgIpc) is 3.09. The molecular weight excluding hydrogens is 362 g/mol. The third kappa shape index (κ3) is 4.71. The van der Waals surface area contributed by atoms with E-state index in [0.29, 0.717) is 5.13 Å². The molecule has 0 aliphatic rings. The monoisotopic (exact) mass is 383 g/mol. The van der Waals surface area contributed by atoms with E-state index in [-0.39, 0.29) is 11.2 Å². The molecule has 6 heteroatoms. The van der Waals surface area contributed by atoms with Crippen LogP contribution < -0.4 is 5.32 Å². The first-order valence-corrected chi connectivity index (χ1v) is 10.2. The summed E-state index contributed by atoms with van der Waals surface area (Å²) in [6.45, 7) is 6.12. The number of hydrogen-bond donors (Lipinski definition) is 1. The van der Waals surface area contributed by atoms with Crippen molar-refractivity contribution in [2.45, 2.75) is 37.3 Å². The lowest BCUT2D eigenvalue weighted by Gasteiger charge is -2.13. The van der Waals surface area contributed by atoms with Gasteiger partial charge in [0, 0.05) is 10.5 Å². The van der Waals surface area contributed by atoms with Crippen molar-refractivity contribution in [1.82, 2.24) is 10.2 Å². The minimum Gasteiger partial charge on any atom is -0.300 e. The molecule has 134 valence electrons. The lowest BCUT2D eigenvalue weighted by Crippen LogP contribution is -2.24. The summed E-state index contributed by atoms with van der Waals surface area (Å²) in [7, 11) is 0. The van der Waals surface area contributed by atoms with Crippen molar-refractivity contribution in [2.75, 3.05) is 5.32 Å². The van der Waals surface area contributed by atoms with Gasteiger partial charge in [0.2, 0.25) is 11.0 Å². The summed E-state index contributed by atoms with van der Waals surface area (Å²) in [5.74, 6) is -0.0370. The molecule has 0 saturated heterocycles. The van der Waals surface area contributed by atoms with Crippen LogP contribution in [0.5, 0.6) is 0 Å². The van der Waals surface area contributed by atoms with Crippen LogP contribution >= 0.6 is 23.1 Å². The summed E-state index contributed by atoms with van der Waals surface area (Å²) in [4.78, 5) is 13.7. The molecule has 0 aliphatic carbocycles. The zero-order valence-electron chi connectivity index (χ0n) is 15.0. The van der Waals surface area contributed by atoms with Gasteiger partial charge in [-0.2, -0.15) is 0 Å². The van der Waals surface area contributed by atoms with Gasteiger partial charge in [-0.1, -0.05) is 59.7 Å². The van der Waals surface area contributed by atoms with Gasteiger partial charge in [-0.15, -0.1) is 22.0 Å². The minimum atomic E-state index is -0.163. The van der Waals surface area contributed by atoms with Crippen molar-refractivity contribution in [2.24, 2.45) is 0 Å². The van der Waals surface area contributed by atoms with Crippen LogP contribution in [0.4, 0.5) is 5.13 Å². The summed E-state index contributed by atoms with van der Waals surface area (Å²) < 4.78 is 0. The van der Waals surface area contributed by atoms with E-state index in [9.17, 15) is 4.79 Å². The highest BCUT2D eigenvalue weighted by atomic mass is 32.2. The lowest BCUT2D eigenvalue weighted by molar-refractivity contribution is -0.115. The lowest BCUT2D eigenvalue weighted by atomic mass is 10.1. The summed E-state index contributed by atoms with van der Waals surface area (Å²) in [6, 6.07) is 16.3. The van der Waals surface area contributed by atoms with Crippen molar-refractivity contribution < 1.29 is 4.79 Å². The zero-order valence-corrected chi connectivity index (χ0v) is 16.7. The maximum atomic E-state index is 12.6. The second-order valence-electron chi connectivity index (χ2n) is 6.10. The number of thioether (sulfide) groups is 1. The topological polar surface area (TPSA) is 54.9 Å². The number of aryl methyl sites for hydroxylation is 2. The van der Waals surface area contributed by atoms with E-state index in [4.69, 9.17) is 0 Å². The molecule has 3 aromatic rings. The molecule has 1 amide bonds. The third-order valence-electron chi connectivity index (χ3n) is 3.88. The normalized spacial score (nSPS) is 12.0. The van der Waals surface area contributed by atoms with E-state index in [1.807, 2.05) is 32.0 Å². The molecule has 0 saturated carbocycles. The van der Waals surface area contributed by atoms with Crippen molar-refractivity contribution >= 4 is 34.1 Å². The number of carbonyl (C=O) groups excluding carboxylic acids is 1. The molecule has 1 N–H and O–H groups in total. The Hall–Kier alpha value is -2.18. The van der Waals surface area contributed by atoms with Gasteiger partial charge in [0.25, 0.3) is 0 Å². The number of carbonyl (C=O) groups is 1. The van der Waals surface area contributed by atoms with E-state index in [0.717, 1.165) is 21.9 Å². The van der Waals surface area contributed by atoms with Gasteiger partial charge in [-0.25, -0.2) is 0 Å². The molecule has 0 spiro atoms. The number of benzene rings is 2. The van der Waals surface area contributed by atoms with E-state index in [1.165, 1.54) is 22.5 Å². The standard InChI is InChI=1S/C20H21N3OS2/c1-4-17(25-16-10-8-13(2)9-11-16)18(24)21-20-23-22-19(26-20)15-7-5-6-14(3)12-15/h5-12,17H,4H2,1-3H3,(H,21,23,24). The SMILES string of the molecule is CCC(Sc1ccc(C)cc1)C(=O)Nc1nnc(-c2cccc(C)c2)s1. The molecule has 26 heavy (non-hydrogen) atoms. The molecule has 1 heterocycles. The van der Waals surface area contributed by atoms with E-state index < -0.39 is 0 Å². The van der Waals surface area contributed by atoms with Crippen molar-refractivity contribution in [1.29, 1.82) is 0 Å². The summed E-state index contributed by atoms with van der Waals surface area (Å²) in [6.07, 6.45) is 0.744. The summed E-state index contributed by atoms with van der Waals surface area (Å²) in [5.41, 5.74) is 3.40. The minimum absolute atomic E-state index is 0.0370. The van der Waals surface area contributed by atoms with Crippen molar-refractivity contribution in [3.63, 3.8) is 0 Å². The first-order valence-electron chi connectivity index (χ1n) is 8.50. The summed E-state index contributed by atoms with van der Waals surface area (Å²) >= 11 is 2.97. The number of anilines is 1. The Labute approximate surface area is 162 Å². The summed E-state index contributed by atoms with van der Waals surface area (Å²) in [5, 5.41) is 12.4. The molecule has 3 rings (SSSR count). The number of aromatic nitrogens is 2. The van der Waals surface area contributed by atoms with Crippen molar-refractivity contribution in [3.05, 3.63) is 59.7 Å². The second kappa shape index (κ2) is 8.47. The molecule has 0 aliphatic heterocycles. The molecule has 0 radical (unpaired) electrons. The van der Waals surface area contributed by atoms with Gasteiger partial charge < -0.3 is 0 Å². The average molecular weight is 384 g/mol. The van der Waals surface area contributed by atoms with Crippen LogP contribution in [-0.2, 0) is 4.79 Å². The highest BCUT2D eigenvalue weighted by molar-refractivity contribution is 8.00. The predicted octanol–water partition coefficient (Wildman–Crippen LogP) is 5.33. The number of amides is 1. The van der Waals surface area contributed by atoms with E-state index in [1.54, 1.807) is 11.8 Å². The van der Waals surface area contributed by atoms with Gasteiger partial charge in [0.05, 0.1) is 5.25 Å². The first kappa shape index (κ1) is 18.6. The molecule has 1 atom stereocenters.